The van der Waals surface area contributed by atoms with E-state index in [0.717, 1.165) is 30.7 Å². The minimum atomic E-state index is -0.254. The summed E-state index contributed by atoms with van der Waals surface area (Å²) in [5, 5.41) is 11.9. The van der Waals surface area contributed by atoms with Crippen molar-refractivity contribution in [3.8, 4) is 11.8 Å². The van der Waals surface area contributed by atoms with Crippen molar-refractivity contribution in [1.29, 1.82) is 5.26 Å². The molecule has 1 fully saturated rings. The molecule has 0 saturated heterocycles. The number of methoxy groups -OCH3 is 1. The Morgan fingerprint density at radius 2 is 2.04 bits per heavy atom. The highest BCUT2D eigenvalue weighted by molar-refractivity contribution is 5.94. The predicted octanol–water partition coefficient (Wildman–Crippen LogP) is 3.56. The quantitative estimate of drug-likeness (QED) is 0.830. The first-order chi connectivity index (χ1) is 12.6. The van der Waals surface area contributed by atoms with Gasteiger partial charge < -0.3 is 10.1 Å². The molecule has 3 rings (SSSR count). The number of rotatable bonds is 7. The molecule has 0 heterocycles. The van der Waals surface area contributed by atoms with Gasteiger partial charge in [-0.3, -0.25) is 9.69 Å². The van der Waals surface area contributed by atoms with Gasteiger partial charge in [-0.05, 0) is 55.7 Å². The zero-order valence-electron chi connectivity index (χ0n) is 15.1. The van der Waals surface area contributed by atoms with Crippen molar-refractivity contribution >= 4 is 11.6 Å². The van der Waals surface area contributed by atoms with Gasteiger partial charge in [-0.1, -0.05) is 18.2 Å². The summed E-state index contributed by atoms with van der Waals surface area (Å²) >= 11 is 0. The number of hydrogen-bond acceptors (Lipinski definition) is 4. The Labute approximate surface area is 154 Å². The van der Waals surface area contributed by atoms with Crippen molar-refractivity contribution in [2.45, 2.75) is 38.4 Å². The number of benzene rings is 2. The van der Waals surface area contributed by atoms with Crippen molar-refractivity contribution in [1.82, 2.24) is 4.90 Å². The summed E-state index contributed by atoms with van der Waals surface area (Å²) in [7, 11) is 1.65. The Kier molecular flexibility index (Phi) is 5.55. The smallest absolute Gasteiger partial charge is 0.241 e. The highest BCUT2D eigenvalue weighted by atomic mass is 16.5. The molecule has 1 amide bonds. The standard InChI is InChI=1S/C21H23N3O2/c1-15(21(25)23-18-5-3-4-17(12-18)13-22)24(19-8-9-19)14-16-6-10-20(26-2)11-7-16/h3-7,10-12,15,19H,8-9,14H2,1-2H3,(H,23,25)/t15-/m0/s1. The molecule has 0 aromatic heterocycles. The van der Waals surface area contributed by atoms with E-state index < -0.39 is 0 Å². The Hall–Kier alpha value is -2.84. The molecule has 134 valence electrons. The number of carbonyl (C=O) groups is 1. The number of hydrogen-bond donors (Lipinski definition) is 1. The lowest BCUT2D eigenvalue weighted by Crippen LogP contribution is -2.43. The Morgan fingerprint density at radius 1 is 1.31 bits per heavy atom. The lowest BCUT2D eigenvalue weighted by molar-refractivity contribution is -0.121. The molecule has 26 heavy (non-hydrogen) atoms. The van der Waals surface area contributed by atoms with Crippen LogP contribution >= 0.6 is 0 Å². The molecular weight excluding hydrogens is 326 g/mol. The van der Waals surface area contributed by atoms with Gasteiger partial charge in [-0.2, -0.15) is 5.26 Å². The van der Waals surface area contributed by atoms with Crippen molar-refractivity contribution in [3.05, 3.63) is 59.7 Å². The lowest BCUT2D eigenvalue weighted by atomic mass is 10.1. The average Bonchev–Trinajstić information content (AvgIpc) is 3.51. The van der Waals surface area contributed by atoms with Crippen LogP contribution in [0.5, 0.6) is 5.75 Å². The Morgan fingerprint density at radius 3 is 2.65 bits per heavy atom. The highest BCUT2D eigenvalue weighted by Crippen LogP contribution is 2.31. The van der Waals surface area contributed by atoms with E-state index in [2.05, 4.69) is 16.3 Å². The zero-order valence-corrected chi connectivity index (χ0v) is 15.1. The molecule has 2 aromatic carbocycles. The normalized spacial score (nSPS) is 14.5. The fourth-order valence-electron chi connectivity index (χ4n) is 2.99. The third kappa shape index (κ3) is 4.41. The number of anilines is 1. The number of amides is 1. The number of nitrogens with one attached hydrogen (secondary N) is 1. The van der Waals surface area contributed by atoms with E-state index in [4.69, 9.17) is 10.00 Å². The van der Waals surface area contributed by atoms with Crippen LogP contribution in [0.25, 0.3) is 0 Å². The van der Waals surface area contributed by atoms with Gasteiger partial charge >= 0.3 is 0 Å². The molecule has 5 nitrogen and oxygen atoms in total. The number of nitriles is 1. The number of nitrogens with zero attached hydrogens (tertiary/aromatic N) is 2. The van der Waals surface area contributed by atoms with Gasteiger partial charge in [0.05, 0.1) is 24.8 Å². The fourth-order valence-corrected chi connectivity index (χ4v) is 2.99. The summed E-state index contributed by atoms with van der Waals surface area (Å²) in [6.45, 7) is 2.66. The second kappa shape index (κ2) is 8.03. The maximum Gasteiger partial charge on any atom is 0.241 e. The van der Waals surface area contributed by atoms with Crippen LogP contribution in [0.2, 0.25) is 0 Å². The van der Waals surface area contributed by atoms with Crippen LogP contribution in [0, 0.1) is 11.3 Å². The third-order valence-corrected chi connectivity index (χ3v) is 4.68. The summed E-state index contributed by atoms with van der Waals surface area (Å²) < 4.78 is 5.20. The molecule has 5 heteroatoms. The van der Waals surface area contributed by atoms with Crippen molar-refractivity contribution < 1.29 is 9.53 Å². The summed E-state index contributed by atoms with van der Waals surface area (Å²) in [5.41, 5.74) is 2.35. The molecule has 1 saturated carbocycles. The first-order valence-electron chi connectivity index (χ1n) is 8.80. The molecule has 0 radical (unpaired) electrons. The molecular formula is C21H23N3O2. The average molecular weight is 349 g/mol. The van der Waals surface area contributed by atoms with Gasteiger partial charge in [0.1, 0.15) is 5.75 Å². The van der Waals surface area contributed by atoms with Gasteiger partial charge in [0, 0.05) is 18.3 Å². The van der Waals surface area contributed by atoms with Crippen LogP contribution in [0.1, 0.15) is 30.9 Å². The van der Waals surface area contributed by atoms with Gasteiger partial charge in [-0.25, -0.2) is 0 Å². The van der Waals surface area contributed by atoms with Crippen molar-refractivity contribution in [3.63, 3.8) is 0 Å². The second-order valence-corrected chi connectivity index (χ2v) is 6.61. The molecule has 1 aliphatic carbocycles. The molecule has 1 aliphatic rings. The van der Waals surface area contributed by atoms with E-state index in [0.29, 0.717) is 17.3 Å². The molecule has 0 aliphatic heterocycles. The van der Waals surface area contributed by atoms with Gasteiger partial charge in [0.15, 0.2) is 0 Å². The van der Waals surface area contributed by atoms with Crippen LogP contribution < -0.4 is 10.1 Å². The fraction of sp³-hybridized carbons (Fsp3) is 0.333. The van der Waals surface area contributed by atoms with Crippen LogP contribution in [-0.4, -0.2) is 30.0 Å². The Bertz CT molecular complexity index is 807. The summed E-state index contributed by atoms with van der Waals surface area (Å²) in [4.78, 5) is 15.0. The predicted molar refractivity (Wildman–Crippen MR) is 101 cm³/mol. The van der Waals surface area contributed by atoms with Crippen molar-refractivity contribution in [2.75, 3.05) is 12.4 Å². The van der Waals surface area contributed by atoms with Gasteiger partial charge in [-0.15, -0.1) is 0 Å². The van der Waals surface area contributed by atoms with Crippen LogP contribution in [0.3, 0.4) is 0 Å². The van der Waals surface area contributed by atoms with Crippen LogP contribution in [0.15, 0.2) is 48.5 Å². The SMILES string of the molecule is COc1ccc(CN(C2CC2)[C@@H](C)C(=O)Nc2cccc(C#N)c2)cc1. The molecule has 0 unspecified atom stereocenters. The number of ether oxygens (including phenoxy) is 1. The topological polar surface area (TPSA) is 65.4 Å². The molecule has 1 N–H and O–H groups in total. The Balaban J connectivity index is 1.68. The largest absolute Gasteiger partial charge is 0.497 e. The first kappa shape index (κ1) is 18.0. The van der Waals surface area contributed by atoms with Crippen molar-refractivity contribution in [2.24, 2.45) is 0 Å². The zero-order chi connectivity index (χ0) is 18.5. The summed E-state index contributed by atoms with van der Waals surface area (Å²) in [5.74, 6) is 0.774. The summed E-state index contributed by atoms with van der Waals surface area (Å²) in [6, 6.07) is 17.2. The molecule has 0 spiro atoms. The maximum atomic E-state index is 12.7. The second-order valence-electron chi connectivity index (χ2n) is 6.61. The summed E-state index contributed by atoms with van der Waals surface area (Å²) in [6.07, 6.45) is 2.25. The van der Waals surface area contributed by atoms with E-state index in [-0.39, 0.29) is 11.9 Å². The molecule has 0 bridgehead atoms. The number of carbonyl (C=O) groups excluding carboxylic acids is 1. The van der Waals surface area contributed by atoms with Gasteiger partial charge in [0.25, 0.3) is 0 Å². The minimum Gasteiger partial charge on any atom is -0.497 e. The monoisotopic (exact) mass is 349 g/mol. The maximum absolute atomic E-state index is 12.7. The highest BCUT2D eigenvalue weighted by Gasteiger charge is 2.35. The van der Waals surface area contributed by atoms with Crippen LogP contribution in [0.4, 0.5) is 5.69 Å². The van der Waals surface area contributed by atoms with Gasteiger partial charge in [0.2, 0.25) is 5.91 Å². The van der Waals surface area contributed by atoms with E-state index in [1.54, 1.807) is 31.4 Å². The first-order valence-corrected chi connectivity index (χ1v) is 8.80. The van der Waals surface area contributed by atoms with Crippen LogP contribution in [-0.2, 0) is 11.3 Å². The van der Waals surface area contributed by atoms with E-state index in [1.165, 1.54) is 0 Å². The third-order valence-electron chi connectivity index (χ3n) is 4.68. The van der Waals surface area contributed by atoms with E-state index >= 15 is 0 Å². The lowest BCUT2D eigenvalue weighted by Gasteiger charge is -2.28. The van der Waals surface area contributed by atoms with E-state index in [9.17, 15) is 4.79 Å². The molecule has 1 atom stereocenters. The minimum absolute atomic E-state index is 0.0551. The molecule has 2 aromatic rings. The van der Waals surface area contributed by atoms with E-state index in [1.807, 2.05) is 31.2 Å².